The number of hydrogen-bond donors (Lipinski definition) is 1. The zero-order valence-electron chi connectivity index (χ0n) is 14.2. The summed E-state index contributed by atoms with van der Waals surface area (Å²) in [4.78, 5) is 44.2. The molecule has 0 spiro atoms. The van der Waals surface area contributed by atoms with Gasteiger partial charge in [0, 0.05) is 18.2 Å². The molecule has 1 aliphatic rings. The number of nitrogens with one attached hydrogen (secondary N) is 1. The Kier molecular flexibility index (Phi) is 6.42. The normalized spacial score (nSPS) is 20.7. The number of amides is 1. The van der Waals surface area contributed by atoms with E-state index in [0.717, 1.165) is 19.3 Å². The number of nitrogens with zero attached hydrogens (tertiary/aromatic N) is 2. The van der Waals surface area contributed by atoms with Gasteiger partial charge in [-0.3, -0.25) is 14.4 Å². The van der Waals surface area contributed by atoms with Crippen LogP contribution in [0.2, 0.25) is 0 Å². The number of rotatable bonds is 5. The molecule has 0 radical (unpaired) electrons. The monoisotopic (exact) mass is 353 g/mol. The Morgan fingerprint density at radius 1 is 1.38 bits per heavy atom. The van der Waals surface area contributed by atoms with Crippen LogP contribution in [-0.2, 0) is 20.7 Å². The van der Waals surface area contributed by atoms with E-state index in [1.165, 1.54) is 24.9 Å². The molecule has 1 N–H and O–H groups in total. The third-order valence-electron chi connectivity index (χ3n) is 4.14. The summed E-state index contributed by atoms with van der Waals surface area (Å²) in [5.41, 5.74) is -0.0150. The second kappa shape index (κ2) is 8.32. The van der Waals surface area contributed by atoms with E-state index >= 15 is 0 Å². The van der Waals surface area contributed by atoms with E-state index < -0.39 is 5.97 Å². The lowest BCUT2D eigenvalue weighted by atomic mass is 9.98. The average molecular weight is 353 g/mol. The Morgan fingerprint density at radius 2 is 2.04 bits per heavy atom. The predicted molar refractivity (Wildman–Crippen MR) is 90.9 cm³/mol. The lowest BCUT2D eigenvalue weighted by molar-refractivity contribution is -0.140. The number of ether oxygens (including phenoxy) is 1. The quantitative estimate of drug-likeness (QED) is 0.488. The van der Waals surface area contributed by atoms with Crippen LogP contribution < -0.4 is 5.56 Å². The second-order valence-electron chi connectivity index (χ2n) is 6.01. The van der Waals surface area contributed by atoms with E-state index in [1.54, 1.807) is 0 Å². The largest absolute Gasteiger partial charge is 0.469 e. The van der Waals surface area contributed by atoms with Crippen molar-refractivity contribution in [2.24, 2.45) is 0 Å². The molecule has 1 amide bonds. The third kappa shape index (κ3) is 4.83. The van der Waals surface area contributed by atoms with Gasteiger partial charge in [0.2, 0.25) is 5.91 Å². The molecule has 132 valence electrons. The molecular formula is C16H23N3O4S. The maximum atomic E-state index is 12.5. The Labute approximate surface area is 145 Å². The van der Waals surface area contributed by atoms with Crippen molar-refractivity contribution in [3.63, 3.8) is 0 Å². The molecule has 0 unspecified atom stereocenters. The molecule has 0 saturated carbocycles. The van der Waals surface area contributed by atoms with Gasteiger partial charge in [-0.1, -0.05) is 11.8 Å². The highest BCUT2D eigenvalue weighted by atomic mass is 32.2. The van der Waals surface area contributed by atoms with E-state index in [2.05, 4.69) is 28.6 Å². The highest BCUT2D eigenvalue weighted by Crippen LogP contribution is 2.24. The van der Waals surface area contributed by atoms with Crippen molar-refractivity contribution < 1.29 is 14.3 Å². The molecule has 7 nitrogen and oxygen atoms in total. The Balaban J connectivity index is 2.02. The fraction of sp³-hybridized carbons (Fsp3) is 0.625. The zero-order chi connectivity index (χ0) is 17.7. The molecule has 1 fully saturated rings. The van der Waals surface area contributed by atoms with Gasteiger partial charge in [-0.15, -0.1) is 0 Å². The first-order valence-electron chi connectivity index (χ1n) is 8.01. The Hall–Kier alpha value is -1.83. The number of aromatic amines is 1. The van der Waals surface area contributed by atoms with Gasteiger partial charge in [0.25, 0.3) is 5.56 Å². The molecule has 8 heteroatoms. The Bertz CT molecular complexity index is 651. The van der Waals surface area contributed by atoms with Crippen molar-refractivity contribution in [2.75, 3.05) is 12.9 Å². The molecular weight excluding hydrogens is 330 g/mol. The molecule has 2 atom stereocenters. The molecule has 24 heavy (non-hydrogen) atoms. The van der Waals surface area contributed by atoms with E-state index in [4.69, 9.17) is 0 Å². The molecule has 2 rings (SSSR count). The minimum atomic E-state index is -0.462. The van der Waals surface area contributed by atoms with Crippen LogP contribution in [0.1, 0.15) is 38.8 Å². The lowest BCUT2D eigenvalue weighted by Crippen LogP contribution is -2.48. The first-order chi connectivity index (χ1) is 11.4. The van der Waals surface area contributed by atoms with Crippen LogP contribution >= 0.6 is 11.8 Å². The molecule has 1 aromatic heterocycles. The van der Waals surface area contributed by atoms with E-state index in [-0.39, 0.29) is 35.7 Å². The number of thioether (sulfide) groups is 1. The van der Waals surface area contributed by atoms with Gasteiger partial charge < -0.3 is 14.6 Å². The third-order valence-corrected chi connectivity index (χ3v) is 5.00. The van der Waals surface area contributed by atoms with Gasteiger partial charge in [-0.05, 0) is 33.1 Å². The first-order valence-corrected chi connectivity index (χ1v) is 9.00. The van der Waals surface area contributed by atoms with E-state index in [0.29, 0.717) is 10.9 Å². The van der Waals surface area contributed by atoms with Gasteiger partial charge in [-0.25, -0.2) is 4.98 Å². The zero-order valence-corrected chi connectivity index (χ0v) is 15.0. The fourth-order valence-electron chi connectivity index (χ4n) is 2.98. The van der Waals surface area contributed by atoms with Crippen LogP contribution in [0.3, 0.4) is 0 Å². The van der Waals surface area contributed by atoms with Crippen LogP contribution in [-0.4, -0.2) is 51.7 Å². The number of H-pyrrole nitrogens is 1. The summed E-state index contributed by atoms with van der Waals surface area (Å²) in [7, 11) is 1.28. The summed E-state index contributed by atoms with van der Waals surface area (Å²) in [6, 6.07) is 1.73. The first kappa shape index (κ1) is 18.5. The summed E-state index contributed by atoms with van der Waals surface area (Å²) in [5.74, 6) is -0.212. The van der Waals surface area contributed by atoms with Crippen molar-refractivity contribution in [2.45, 2.75) is 56.8 Å². The summed E-state index contributed by atoms with van der Waals surface area (Å²) in [6.07, 6.45) is 3.11. The number of esters is 1. The lowest BCUT2D eigenvalue weighted by Gasteiger charge is -2.39. The van der Waals surface area contributed by atoms with E-state index in [9.17, 15) is 14.4 Å². The van der Waals surface area contributed by atoms with Crippen molar-refractivity contribution in [3.8, 4) is 0 Å². The number of carbonyl (C=O) groups is 2. The summed E-state index contributed by atoms with van der Waals surface area (Å²) in [6.45, 7) is 4.13. The van der Waals surface area contributed by atoms with Gasteiger partial charge >= 0.3 is 5.97 Å². The van der Waals surface area contributed by atoms with Crippen molar-refractivity contribution in [1.82, 2.24) is 14.9 Å². The summed E-state index contributed by atoms with van der Waals surface area (Å²) < 4.78 is 4.58. The average Bonchev–Trinajstić information content (AvgIpc) is 2.52. The van der Waals surface area contributed by atoms with Gasteiger partial charge in [0.05, 0.1) is 25.0 Å². The number of hydrogen-bond acceptors (Lipinski definition) is 6. The number of likely N-dealkylation sites (tertiary alicyclic amines) is 1. The minimum Gasteiger partial charge on any atom is -0.469 e. The van der Waals surface area contributed by atoms with Crippen LogP contribution in [0.5, 0.6) is 0 Å². The standard InChI is InChI=1S/C16H23N3O4S/c1-10-5-4-6-11(2)19(10)14(21)9-24-16-17-12(7-13(20)18-16)8-15(22)23-3/h7,10-11H,4-6,8-9H2,1-3H3,(H,17,18,20)/t10-,11+. The van der Waals surface area contributed by atoms with Gasteiger partial charge in [0.15, 0.2) is 5.16 Å². The topological polar surface area (TPSA) is 92.4 Å². The number of piperidine rings is 1. The van der Waals surface area contributed by atoms with Crippen molar-refractivity contribution in [1.29, 1.82) is 0 Å². The molecule has 0 aliphatic carbocycles. The maximum absolute atomic E-state index is 12.5. The fourth-order valence-corrected chi connectivity index (χ4v) is 3.74. The molecule has 0 bridgehead atoms. The van der Waals surface area contributed by atoms with Crippen LogP contribution in [0.15, 0.2) is 16.0 Å². The smallest absolute Gasteiger partial charge is 0.311 e. The van der Waals surface area contributed by atoms with Gasteiger partial charge in [-0.2, -0.15) is 0 Å². The van der Waals surface area contributed by atoms with Crippen LogP contribution in [0.25, 0.3) is 0 Å². The van der Waals surface area contributed by atoms with Crippen LogP contribution in [0, 0.1) is 0 Å². The number of carbonyl (C=O) groups excluding carboxylic acids is 2. The summed E-state index contributed by atoms with van der Waals surface area (Å²) >= 11 is 1.18. The molecule has 1 aliphatic heterocycles. The second-order valence-corrected chi connectivity index (χ2v) is 6.98. The highest BCUT2D eigenvalue weighted by Gasteiger charge is 2.28. The summed E-state index contributed by atoms with van der Waals surface area (Å²) in [5, 5.41) is 0.340. The highest BCUT2D eigenvalue weighted by molar-refractivity contribution is 7.99. The molecule has 2 heterocycles. The number of aromatic nitrogens is 2. The van der Waals surface area contributed by atoms with Gasteiger partial charge in [0.1, 0.15) is 0 Å². The van der Waals surface area contributed by atoms with Crippen molar-refractivity contribution in [3.05, 3.63) is 22.1 Å². The SMILES string of the molecule is COC(=O)Cc1cc(=O)[nH]c(SCC(=O)N2[C@H](C)CCC[C@@H]2C)n1. The Morgan fingerprint density at radius 3 is 2.67 bits per heavy atom. The van der Waals surface area contributed by atoms with Crippen LogP contribution in [0.4, 0.5) is 0 Å². The van der Waals surface area contributed by atoms with Crippen molar-refractivity contribution >= 4 is 23.6 Å². The maximum Gasteiger partial charge on any atom is 0.311 e. The molecule has 1 aromatic rings. The van der Waals surface area contributed by atoms with E-state index in [1.807, 2.05) is 4.90 Å². The predicted octanol–water partition coefficient (Wildman–Crippen LogP) is 1.37. The molecule has 0 aromatic carbocycles. The molecule has 1 saturated heterocycles. The number of methoxy groups -OCH3 is 1. The minimum absolute atomic E-state index is 0.0423.